The van der Waals surface area contributed by atoms with Gasteiger partial charge in [0.25, 0.3) is 0 Å². The molecule has 0 N–H and O–H groups in total. The van der Waals surface area contributed by atoms with Gasteiger partial charge in [0.15, 0.2) is 0 Å². The zero-order chi connectivity index (χ0) is 2.00. The second-order valence-corrected chi connectivity index (χ2v) is 0. The van der Waals surface area contributed by atoms with Gasteiger partial charge in [-0.05, 0) is 0 Å². The van der Waals surface area contributed by atoms with E-state index in [4.69, 9.17) is 0 Å². The molecular weight excluding hydrogens is 139 g/mol. The average Bonchev–Trinajstić information content (AvgIpc) is 1.00. The third kappa shape index (κ3) is 63.5. The summed E-state index contributed by atoms with van der Waals surface area (Å²) >= 11 is 1.30. The minimum Gasteiger partial charge on any atom is -0.358 e. The average molecular weight is 150 g/mol. The van der Waals surface area contributed by atoms with Crippen molar-refractivity contribution < 1.29 is 24.2 Å². The summed E-state index contributed by atoms with van der Waals surface area (Å²) in [6.07, 6.45) is 0. The normalized spacial score (nSPS) is 0.600. The van der Waals surface area contributed by atoms with Crippen LogP contribution in [0.5, 0.6) is 0 Å². The first-order valence-electron chi connectivity index (χ1n) is 0.354. The van der Waals surface area contributed by atoms with Crippen molar-refractivity contribution in [1.82, 2.24) is 0 Å². The largest absolute Gasteiger partial charge is 0.358 e. The number of hydrogen-bond donors (Lipinski definition) is 0. The van der Waals surface area contributed by atoms with Crippen LogP contribution >= 0.6 is 0 Å². The van der Waals surface area contributed by atoms with Gasteiger partial charge in [-0.2, -0.15) is 0 Å². The van der Waals surface area contributed by atoms with Gasteiger partial charge in [-0.3, -0.25) is 0 Å². The van der Waals surface area contributed by atoms with Crippen LogP contribution in [0.3, 0.4) is 0 Å². The fourth-order valence-corrected chi connectivity index (χ4v) is 0. The quantitative estimate of drug-likeness (QED) is 0.457. The van der Waals surface area contributed by atoms with E-state index in [9.17, 15) is 0 Å². The Hall–Kier alpha value is 0.753. The van der Waals surface area contributed by atoms with Crippen LogP contribution in [0.1, 0.15) is 0 Å². The first-order chi connectivity index (χ1) is 1.00. The van der Waals surface area contributed by atoms with Crippen molar-refractivity contribution in [3.63, 3.8) is 0 Å². The minimum atomic E-state index is 0. The molecule has 0 bridgehead atoms. The fourth-order valence-electron chi connectivity index (χ4n) is 0. The van der Waals surface area contributed by atoms with E-state index in [1.807, 2.05) is 0 Å². The van der Waals surface area contributed by atoms with Crippen molar-refractivity contribution >= 4 is 4.21 Å². The Bertz CT molecular complexity index is 3.61. The molecule has 0 heterocycles. The van der Waals surface area contributed by atoms with Crippen LogP contribution in [0.2, 0.25) is 0 Å². The molecule has 0 aliphatic carbocycles. The molecule has 0 nitrogen and oxygen atoms in total. The first-order valence-corrected chi connectivity index (χ1v) is 2.09. The van der Waals surface area contributed by atoms with E-state index in [1.54, 1.807) is 0 Å². The molecule has 0 aromatic heterocycles. The molecule has 0 unspecified atom stereocenters. The zero-order valence-electron chi connectivity index (χ0n) is 4.21. The minimum absolute atomic E-state index is 0. The van der Waals surface area contributed by atoms with Crippen LogP contribution in [0, 0.1) is 22.3 Å². The molecule has 0 saturated carbocycles. The maximum atomic E-state index is 3.34. The maximum Gasteiger partial charge on any atom is -0.358 e. The second-order valence-electron chi connectivity index (χ2n) is 0. The summed E-state index contributed by atoms with van der Waals surface area (Å²) in [7, 11) is 0. The van der Waals surface area contributed by atoms with Gasteiger partial charge >= 0.3 is 28.4 Å². The predicted octanol–water partition coefficient (Wildman–Crippen LogP) is 1.32. The Labute approximate surface area is 50.9 Å². The molecule has 0 rings (SSSR count). The van der Waals surface area contributed by atoms with Crippen molar-refractivity contribution in [1.29, 1.82) is 0 Å². The fraction of sp³-hybridized carbons (Fsp3) is 0. The third-order valence-electron chi connectivity index (χ3n) is 0. The van der Waals surface area contributed by atoms with E-state index in [0.29, 0.717) is 0 Å². The van der Waals surface area contributed by atoms with Crippen molar-refractivity contribution in [3.8, 4) is 0 Å². The van der Waals surface area contributed by atoms with E-state index in [0.717, 1.165) is 0 Å². The van der Waals surface area contributed by atoms with Gasteiger partial charge in [0.05, 0.1) is 0 Å². The van der Waals surface area contributed by atoms with Gasteiger partial charge in [0, 0.05) is 0 Å². The smallest absolute Gasteiger partial charge is 0.358 e. The second kappa shape index (κ2) is 118. The van der Waals surface area contributed by atoms with E-state index < -0.39 is 0 Å². The maximum absolute atomic E-state index is 3.34. The first kappa shape index (κ1) is 42.3. The molecule has 0 aromatic rings. The Kier molecular flexibility index (Phi) is 998. The summed E-state index contributed by atoms with van der Waals surface area (Å²) in [6, 6.07) is 0. The van der Waals surface area contributed by atoms with Crippen LogP contribution < -0.4 is 0 Å². The molecule has 0 fully saturated rings. The van der Waals surface area contributed by atoms with E-state index in [-0.39, 0.29) is 22.3 Å². The van der Waals surface area contributed by atoms with Crippen molar-refractivity contribution in [2.75, 3.05) is 0 Å². The summed E-state index contributed by atoms with van der Waals surface area (Å²) in [5.41, 5.74) is 0. The van der Waals surface area contributed by atoms with Crippen LogP contribution in [0.15, 0.2) is 0 Å². The summed E-state index contributed by atoms with van der Waals surface area (Å²) in [4.78, 5) is 0. The molecule has 0 aliphatic heterocycles. The molecule has 0 saturated heterocycles. The van der Waals surface area contributed by atoms with Gasteiger partial charge in [0.1, 0.15) is 0 Å². The molecular formula is C4H11Zr-3. The summed E-state index contributed by atoms with van der Waals surface area (Å²) in [6.45, 7) is 0. The number of rotatable bonds is 0. The Balaban J connectivity index is -0.00000000167. The number of hydrogen-bond acceptors (Lipinski definition) is 0. The van der Waals surface area contributed by atoms with Crippen molar-refractivity contribution in [2.24, 2.45) is 0 Å². The Morgan fingerprint density at radius 1 is 0.800 bits per heavy atom. The van der Waals surface area contributed by atoms with Gasteiger partial charge < -0.3 is 22.3 Å². The van der Waals surface area contributed by atoms with E-state index >= 15 is 0 Å². The summed E-state index contributed by atoms with van der Waals surface area (Å²) < 4.78 is 3.34. The van der Waals surface area contributed by atoms with E-state index in [2.05, 4.69) is 4.21 Å². The molecule has 0 spiro atoms. The van der Waals surface area contributed by atoms with Gasteiger partial charge in [-0.25, -0.2) is 0 Å². The zero-order valence-corrected chi connectivity index (χ0v) is 6.67. The molecule has 0 amide bonds. The molecule has 34 valence electrons. The van der Waals surface area contributed by atoms with Gasteiger partial charge in [-0.1, -0.05) is 0 Å². The molecule has 1 heteroatoms. The predicted molar refractivity (Wildman–Crippen MR) is 26.4 cm³/mol. The molecule has 0 aromatic carbocycles. The van der Waals surface area contributed by atoms with Gasteiger partial charge in [-0.15, -0.1) is 0 Å². The van der Waals surface area contributed by atoms with Crippen LogP contribution in [-0.2, 0) is 24.2 Å². The standard InChI is InChI=1S/3CH3.CH2.Zr/h3*1H3;1H2;/q3*-1;;. The van der Waals surface area contributed by atoms with Crippen LogP contribution in [0.4, 0.5) is 0 Å². The topological polar surface area (TPSA) is 0 Å². The molecule has 5 heavy (non-hydrogen) atoms. The monoisotopic (exact) mass is 149 g/mol. The third-order valence-corrected chi connectivity index (χ3v) is 0. The summed E-state index contributed by atoms with van der Waals surface area (Å²) in [5, 5.41) is 0. The van der Waals surface area contributed by atoms with Crippen molar-refractivity contribution in [2.45, 2.75) is 0 Å². The molecule has 0 atom stereocenters. The summed E-state index contributed by atoms with van der Waals surface area (Å²) in [5.74, 6) is 0. The van der Waals surface area contributed by atoms with Crippen molar-refractivity contribution in [3.05, 3.63) is 22.3 Å². The van der Waals surface area contributed by atoms with Crippen LogP contribution in [0.25, 0.3) is 0 Å². The van der Waals surface area contributed by atoms with E-state index in [1.165, 1.54) is 24.2 Å². The van der Waals surface area contributed by atoms with Gasteiger partial charge in [0.2, 0.25) is 0 Å². The SMILES string of the molecule is [CH2]=[Zr].[CH3-].[CH3-].[CH3-]. The molecule has 0 aliphatic rings. The molecule has 0 radical (unpaired) electrons. The Morgan fingerprint density at radius 2 is 0.800 bits per heavy atom. The van der Waals surface area contributed by atoms with Crippen LogP contribution in [-0.4, -0.2) is 4.21 Å². The Morgan fingerprint density at radius 3 is 0.800 bits per heavy atom.